The third-order valence-electron chi connectivity index (χ3n) is 8.22. The fourth-order valence-electron chi connectivity index (χ4n) is 5.35. The van der Waals surface area contributed by atoms with Crippen molar-refractivity contribution in [3.05, 3.63) is 24.3 Å². The molecule has 262 valence electrons. The first-order chi connectivity index (χ1) is 21.9. The summed E-state index contributed by atoms with van der Waals surface area (Å²) in [6, 6.07) is -0.868. The zero-order chi connectivity index (χ0) is 33.2. The van der Waals surface area contributed by atoms with E-state index in [9.17, 15) is 19.5 Å². The first-order valence-corrected chi connectivity index (χ1v) is 18.7. The van der Waals surface area contributed by atoms with E-state index in [1.165, 1.54) is 83.5 Å². The van der Waals surface area contributed by atoms with Crippen LogP contribution in [0.1, 0.15) is 181 Å². The van der Waals surface area contributed by atoms with E-state index < -0.39 is 12.0 Å². The minimum absolute atomic E-state index is 0.0992. The van der Waals surface area contributed by atoms with Crippen molar-refractivity contribution in [1.29, 1.82) is 0 Å². The minimum atomic E-state index is -1.02. The number of carbonyl (C=O) groups is 3. The Balaban J connectivity index is 4.31. The number of amides is 1. The number of hydrogen-bond donors (Lipinski definition) is 3. The summed E-state index contributed by atoms with van der Waals surface area (Å²) in [7, 11) is 0. The first-order valence-electron chi connectivity index (χ1n) is 18.7. The van der Waals surface area contributed by atoms with E-state index in [1.807, 2.05) is 0 Å². The molecule has 0 aromatic heterocycles. The maximum atomic E-state index is 12.6. The van der Waals surface area contributed by atoms with Crippen LogP contribution in [-0.4, -0.2) is 41.6 Å². The molecular weight excluding hydrogens is 564 g/mol. The van der Waals surface area contributed by atoms with E-state index >= 15 is 0 Å². The van der Waals surface area contributed by atoms with Gasteiger partial charge in [0.15, 0.2) is 0 Å². The molecule has 0 aliphatic heterocycles. The van der Waals surface area contributed by atoms with Gasteiger partial charge in [-0.3, -0.25) is 9.59 Å². The van der Waals surface area contributed by atoms with Gasteiger partial charge in [0.05, 0.1) is 0 Å². The highest BCUT2D eigenvalue weighted by Crippen LogP contribution is 2.15. The van der Waals surface area contributed by atoms with E-state index in [0.29, 0.717) is 38.6 Å². The molecule has 1 amide bonds. The molecule has 2 unspecified atom stereocenters. The molecule has 7 heteroatoms. The van der Waals surface area contributed by atoms with Crippen molar-refractivity contribution >= 4 is 17.8 Å². The summed E-state index contributed by atoms with van der Waals surface area (Å²) >= 11 is 0. The Morgan fingerprint density at radius 1 is 0.644 bits per heavy atom. The van der Waals surface area contributed by atoms with Crippen LogP contribution in [0.5, 0.6) is 0 Å². The molecule has 2 atom stereocenters. The molecule has 0 radical (unpaired) electrons. The number of aliphatic carboxylic acids is 1. The van der Waals surface area contributed by atoms with Crippen molar-refractivity contribution in [3.63, 3.8) is 0 Å². The minimum Gasteiger partial charge on any atom is -0.480 e. The lowest BCUT2D eigenvalue weighted by atomic mass is 10.1. The molecule has 4 N–H and O–H groups in total. The van der Waals surface area contributed by atoms with Gasteiger partial charge in [0.1, 0.15) is 12.1 Å². The van der Waals surface area contributed by atoms with E-state index in [0.717, 1.165) is 51.4 Å². The molecule has 0 bridgehead atoms. The summed E-state index contributed by atoms with van der Waals surface area (Å²) in [5.74, 6) is -1.34. The molecule has 0 saturated carbocycles. The van der Waals surface area contributed by atoms with E-state index in [2.05, 4.69) is 43.5 Å². The van der Waals surface area contributed by atoms with Crippen LogP contribution in [0.25, 0.3) is 0 Å². The average molecular weight is 635 g/mol. The maximum Gasteiger partial charge on any atom is 0.326 e. The average Bonchev–Trinajstić information content (AvgIpc) is 3.02. The Kier molecular flexibility index (Phi) is 31.6. The molecule has 0 fully saturated rings. The fraction of sp³-hybridized carbons (Fsp3) is 0.816. The van der Waals surface area contributed by atoms with E-state index in [4.69, 9.17) is 10.5 Å². The third kappa shape index (κ3) is 30.3. The standard InChI is InChI=1S/C38H70N2O5/c1-3-5-7-9-11-12-13-14-15-16-18-20-26-32-37(42)45-34(28-23-19-17-10-8-6-4-2)29-24-21-22-25-31-36(41)40-35(38(43)44)30-27-33-39/h12-13,23,28,34-35H,3-11,14-22,24-27,29-33,39H2,1-2H3,(H,40,41)(H,43,44)/b13-12-,28-23-. The van der Waals surface area contributed by atoms with E-state index in [-0.39, 0.29) is 18.0 Å². The van der Waals surface area contributed by atoms with Gasteiger partial charge in [0, 0.05) is 12.8 Å². The summed E-state index contributed by atoms with van der Waals surface area (Å²) in [5, 5.41) is 11.9. The van der Waals surface area contributed by atoms with Gasteiger partial charge in [0.25, 0.3) is 0 Å². The van der Waals surface area contributed by atoms with Crippen LogP contribution in [0.15, 0.2) is 24.3 Å². The Hall–Kier alpha value is -2.15. The zero-order valence-electron chi connectivity index (χ0n) is 29.2. The normalized spacial score (nSPS) is 13.0. The largest absolute Gasteiger partial charge is 0.480 e. The number of rotatable bonds is 33. The summed E-state index contributed by atoms with van der Waals surface area (Å²) in [6.07, 6.45) is 35.2. The van der Waals surface area contributed by atoms with Crippen LogP contribution in [0.2, 0.25) is 0 Å². The molecule has 45 heavy (non-hydrogen) atoms. The van der Waals surface area contributed by atoms with Crippen LogP contribution in [0.4, 0.5) is 0 Å². The van der Waals surface area contributed by atoms with Crippen LogP contribution in [-0.2, 0) is 19.1 Å². The number of nitrogens with one attached hydrogen (secondary N) is 1. The van der Waals surface area contributed by atoms with Crippen molar-refractivity contribution in [2.75, 3.05) is 6.54 Å². The topological polar surface area (TPSA) is 119 Å². The van der Waals surface area contributed by atoms with Gasteiger partial charge in [-0.2, -0.15) is 0 Å². The molecule has 0 aromatic carbocycles. The van der Waals surface area contributed by atoms with Gasteiger partial charge in [-0.1, -0.05) is 109 Å². The number of hydrogen-bond acceptors (Lipinski definition) is 5. The SMILES string of the molecule is CCCCCC/C=C\CCCCCCCC(=O)OC(/C=C\CCCCCCC)CCCCCCC(=O)NC(CCCN)C(=O)O. The molecule has 0 saturated heterocycles. The molecular formula is C38H70N2O5. The Bertz CT molecular complexity index is 767. The number of carboxylic acid groups (broad SMARTS) is 1. The Morgan fingerprint density at radius 3 is 1.76 bits per heavy atom. The van der Waals surface area contributed by atoms with Crippen molar-refractivity contribution < 1.29 is 24.2 Å². The highest BCUT2D eigenvalue weighted by Gasteiger charge is 2.19. The van der Waals surface area contributed by atoms with Crippen LogP contribution >= 0.6 is 0 Å². The monoisotopic (exact) mass is 635 g/mol. The van der Waals surface area contributed by atoms with Crippen molar-refractivity contribution in [1.82, 2.24) is 5.32 Å². The summed E-state index contributed by atoms with van der Waals surface area (Å²) in [4.78, 5) is 36.1. The quantitative estimate of drug-likeness (QED) is 0.0376. The predicted octanol–water partition coefficient (Wildman–Crippen LogP) is 9.72. The van der Waals surface area contributed by atoms with Gasteiger partial charge in [-0.15, -0.1) is 0 Å². The Labute approximate surface area is 276 Å². The maximum absolute atomic E-state index is 12.6. The molecule has 0 aliphatic rings. The molecule has 0 aromatic rings. The van der Waals surface area contributed by atoms with E-state index in [1.54, 1.807) is 0 Å². The Morgan fingerprint density at radius 2 is 1.16 bits per heavy atom. The number of carbonyl (C=O) groups excluding carboxylic acids is 2. The summed E-state index contributed by atoms with van der Waals surface area (Å²) < 4.78 is 5.88. The van der Waals surface area contributed by atoms with Crippen LogP contribution in [0, 0.1) is 0 Å². The van der Waals surface area contributed by atoms with Crippen molar-refractivity contribution in [3.8, 4) is 0 Å². The number of unbranched alkanes of at least 4 members (excludes halogenated alkanes) is 17. The molecule has 0 spiro atoms. The first kappa shape index (κ1) is 42.9. The summed E-state index contributed by atoms with van der Waals surface area (Å²) in [6.45, 7) is 4.88. The van der Waals surface area contributed by atoms with Crippen molar-refractivity contribution in [2.45, 2.75) is 193 Å². The molecule has 7 nitrogen and oxygen atoms in total. The van der Waals surface area contributed by atoms with Gasteiger partial charge in [0.2, 0.25) is 5.91 Å². The molecule has 0 heterocycles. The third-order valence-corrected chi connectivity index (χ3v) is 8.22. The lowest BCUT2D eigenvalue weighted by Crippen LogP contribution is -2.40. The van der Waals surface area contributed by atoms with Gasteiger partial charge in [-0.05, 0) is 89.7 Å². The second-order valence-electron chi connectivity index (χ2n) is 12.6. The predicted molar refractivity (Wildman–Crippen MR) is 188 cm³/mol. The summed E-state index contributed by atoms with van der Waals surface area (Å²) in [5.41, 5.74) is 5.46. The van der Waals surface area contributed by atoms with Crippen molar-refractivity contribution in [2.24, 2.45) is 5.73 Å². The molecule has 0 rings (SSSR count). The van der Waals surface area contributed by atoms with Gasteiger partial charge < -0.3 is 20.9 Å². The second kappa shape index (κ2) is 33.2. The van der Waals surface area contributed by atoms with Gasteiger partial charge >= 0.3 is 11.9 Å². The smallest absolute Gasteiger partial charge is 0.326 e. The number of ether oxygens (including phenoxy) is 1. The highest BCUT2D eigenvalue weighted by atomic mass is 16.5. The lowest BCUT2D eigenvalue weighted by molar-refractivity contribution is -0.147. The number of carboxylic acids is 1. The lowest BCUT2D eigenvalue weighted by Gasteiger charge is -2.15. The number of esters is 1. The number of allylic oxidation sites excluding steroid dienone is 3. The molecule has 0 aliphatic carbocycles. The number of nitrogens with two attached hydrogens (primary N) is 1. The fourth-order valence-corrected chi connectivity index (χ4v) is 5.35. The van der Waals surface area contributed by atoms with Crippen LogP contribution in [0.3, 0.4) is 0 Å². The zero-order valence-corrected chi connectivity index (χ0v) is 29.2. The highest BCUT2D eigenvalue weighted by molar-refractivity contribution is 5.83. The second-order valence-corrected chi connectivity index (χ2v) is 12.6. The van der Waals surface area contributed by atoms with Gasteiger partial charge in [-0.25, -0.2) is 4.79 Å². The van der Waals surface area contributed by atoms with Crippen LogP contribution < -0.4 is 11.1 Å².